The Hall–Kier alpha value is -0.730. The van der Waals surface area contributed by atoms with Crippen LogP contribution in [0, 0.1) is 11.3 Å². The maximum Gasteiger partial charge on any atom is 0.0642 e. The minimum absolute atomic E-state index is 0.218. The molecule has 0 radical (unpaired) electrons. The molecule has 1 unspecified atom stereocenters. The van der Waals surface area contributed by atoms with Gasteiger partial charge in [0.25, 0.3) is 0 Å². The Morgan fingerprint density at radius 1 is 1.19 bits per heavy atom. The van der Waals surface area contributed by atoms with E-state index in [0.717, 1.165) is 23.8 Å². The van der Waals surface area contributed by atoms with Gasteiger partial charge in [-0.15, -0.1) is 0 Å². The smallest absolute Gasteiger partial charge is 0.0642 e. The van der Waals surface area contributed by atoms with Crippen LogP contribution < -0.4 is 10.2 Å². The first-order valence-electron chi connectivity index (χ1n) is 7.85. The molecular formula is C18H31ClN2. The summed E-state index contributed by atoms with van der Waals surface area (Å²) in [6, 6.07) is 6.80. The summed E-state index contributed by atoms with van der Waals surface area (Å²) in [6.07, 6.45) is 0. The fraction of sp³-hybridized carbons (Fsp3) is 0.667. The number of benzene rings is 1. The Morgan fingerprint density at radius 2 is 1.81 bits per heavy atom. The third-order valence-electron chi connectivity index (χ3n) is 4.11. The number of halogens is 1. The van der Waals surface area contributed by atoms with Crippen molar-refractivity contribution in [3.63, 3.8) is 0 Å². The summed E-state index contributed by atoms with van der Waals surface area (Å²) >= 11 is 6.49. The molecule has 1 atom stereocenters. The van der Waals surface area contributed by atoms with E-state index in [1.165, 1.54) is 5.56 Å². The van der Waals surface area contributed by atoms with E-state index in [1.54, 1.807) is 0 Å². The minimum Gasteiger partial charge on any atom is -0.370 e. The summed E-state index contributed by atoms with van der Waals surface area (Å²) in [7, 11) is 2.12. The van der Waals surface area contributed by atoms with Gasteiger partial charge in [0.2, 0.25) is 0 Å². The van der Waals surface area contributed by atoms with Gasteiger partial charge in [-0.05, 0) is 42.5 Å². The molecule has 0 saturated heterocycles. The molecule has 0 spiro atoms. The molecule has 0 fully saturated rings. The lowest BCUT2D eigenvalue weighted by Gasteiger charge is -2.37. The van der Waals surface area contributed by atoms with Crippen LogP contribution in [0.4, 0.5) is 5.69 Å². The van der Waals surface area contributed by atoms with E-state index in [-0.39, 0.29) is 5.41 Å². The molecule has 120 valence electrons. The average Bonchev–Trinajstić information content (AvgIpc) is 2.35. The monoisotopic (exact) mass is 310 g/mol. The molecular weight excluding hydrogens is 280 g/mol. The van der Waals surface area contributed by atoms with Crippen molar-refractivity contribution in [3.8, 4) is 0 Å². The highest BCUT2D eigenvalue weighted by molar-refractivity contribution is 6.33. The van der Waals surface area contributed by atoms with Crippen LogP contribution in [0.5, 0.6) is 0 Å². The van der Waals surface area contributed by atoms with Gasteiger partial charge in [-0.1, -0.05) is 52.3 Å². The van der Waals surface area contributed by atoms with Gasteiger partial charge in [0.15, 0.2) is 0 Å². The van der Waals surface area contributed by atoms with Gasteiger partial charge in [0.05, 0.1) is 10.7 Å². The van der Waals surface area contributed by atoms with E-state index < -0.39 is 0 Å². The zero-order valence-corrected chi connectivity index (χ0v) is 15.4. The first-order chi connectivity index (χ1) is 9.62. The van der Waals surface area contributed by atoms with Crippen molar-refractivity contribution in [1.29, 1.82) is 0 Å². The van der Waals surface area contributed by atoms with Crippen molar-refractivity contribution in [2.75, 3.05) is 18.5 Å². The van der Waals surface area contributed by atoms with Crippen molar-refractivity contribution in [2.45, 2.75) is 54.1 Å². The van der Waals surface area contributed by atoms with Crippen molar-refractivity contribution < 1.29 is 0 Å². The quantitative estimate of drug-likeness (QED) is 0.799. The topological polar surface area (TPSA) is 15.3 Å². The Balaban J connectivity index is 2.78. The van der Waals surface area contributed by atoms with Gasteiger partial charge in [0.1, 0.15) is 0 Å². The number of rotatable bonds is 6. The minimum atomic E-state index is 0.218. The highest BCUT2D eigenvalue weighted by Gasteiger charge is 2.25. The molecule has 0 amide bonds. The molecule has 0 aliphatic rings. The van der Waals surface area contributed by atoms with Crippen LogP contribution in [0.25, 0.3) is 0 Å². The molecule has 1 aromatic rings. The van der Waals surface area contributed by atoms with Gasteiger partial charge in [-0.3, -0.25) is 0 Å². The summed E-state index contributed by atoms with van der Waals surface area (Å²) in [6.45, 7) is 15.3. The lowest BCUT2D eigenvalue weighted by atomic mass is 9.87. The van der Waals surface area contributed by atoms with E-state index in [0.29, 0.717) is 12.0 Å². The van der Waals surface area contributed by atoms with E-state index >= 15 is 0 Å². The van der Waals surface area contributed by atoms with Crippen molar-refractivity contribution >= 4 is 17.3 Å². The van der Waals surface area contributed by atoms with Crippen LogP contribution in [0.1, 0.15) is 47.1 Å². The zero-order chi connectivity index (χ0) is 16.2. The van der Waals surface area contributed by atoms with Crippen LogP contribution in [0.3, 0.4) is 0 Å². The first kappa shape index (κ1) is 18.3. The number of nitrogens with zero attached hydrogens (tertiary/aromatic N) is 1. The van der Waals surface area contributed by atoms with Crippen LogP contribution >= 0.6 is 11.6 Å². The third-order valence-corrected chi connectivity index (χ3v) is 4.41. The summed E-state index contributed by atoms with van der Waals surface area (Å²) in [5.74, 6) is 0.665. The molecule has 0 aliphatic heterocycles. The largest absolute Gasteiger partial charge is 0.370 e. The molecule has 0 heterocycles. The highest BCUT2D eigenvalue weighted by atomic mass is 35.5. The molecule has 0 saturated carbocycles. The summed E-state index contributed by atoms with van der Waals surface area (Å²) in [5.41, 5.74) is 2.56. The lowest BCUT2D eigenvalue weighted by molar-refractivity contribution is 0.330. The molecule has 2 nitrogen and oxygen atoms in total. The molecule has 3 heteroatoms. The van der Waals surface area contributed by atoms with Crippen LogP contribution in [-0.4, -0.2) is 19.6 Å². The van der Waals surface area contributed by atoms with Gasteiger partial charge in [0, 0.05) is 19.6 Å². The molecule has 0 aliphatic carbocycles. The predicted octanol–water partition coefficient (Wildman–Crippen LogP) is 4.96. The van der Waals surface area contributed by atoms with Crippen LogP contribution in [0.2, 0.25) is 5.02 Å². The van der Waals surface area contributed by atoms with Gasteiger partial charge < -0.3 is 10.2 Å². The molecule has 21 heavy (non-hydrogen) atoms. The summed E-state index contributed by atoms with van der Waals surface area (Å²) in [4.78, 5) is 2.27. The number of hydrogen-bond acceptors (Lipinski definition) is 2. The van der Waals surface area contributed by atoms with Gasteiger partial charge in [-0.2, -0.15) is 0 Å². The number of anilines is 1. The second-order valence-corrected chi connectivity index (χ2v) is 7.87. The first-order valence-corrected chi connectivity index (χ1v) is 8.22. The van der Waals surface area contributed by atoms with Crippen molar-refractivity contribution in [1.82, 2.24) is 5.32 Å². The van der Waals surface area contributed by atoms with E-state index in [2.05, 4.69) is 77.0 Å². The van der Waals surface area contributed by atoms with Crippen molar-refractivity contribution in [2.24, 2.45) is 11.3 Å². The Labute approximate surface area is 135 Å². The summed E-state index contributed by atoms with van der Waals surface area (Å²) in [5, 5.41) is 4.28. The number of hydrogen-bond donors (Lipinski definition) is 1. The standard InChI is InChI=1S/C18H31ClN2/c1-13(2)11-20-12-15-8-9-17(16(19)10-15)21(7)14(3)18(4,5)6/h8-10,13-14,20H,11-12H2,1-7H3. The number of nitrogens with one attached hydrogen (secondary N) is 1. The molecule has 1 rings (SSSR count). The molecule has 0 aromatic heterocycles. The van der Waals surface area contributed by atoms with Gasteiger partial charge in [-0.25, -0.2) is 0 Å². The highest BCUT2D eigenvalue weighted by Crippen LogP contribution is 2.32. The van der Waals surface area contributed by atoms with Crippen LogP contribution in [-0.2, 0) is 6.54 Å². The zero-order valence-electron chi connectivity index (χ0n) is 14.6. The third kappa shape index (κ3) is 5.52. The SMILES string of the molecule is CC(C)CNCc1ccc(N(C)C(C)C(C)(C)C)c(Cl)c1. The lowest BCUT2D eigenvalue weighted by Crippen LogP contribution is -2.39. The molecule has 1 aromatic carbocycles. The van der Waals surface area contributed by atoms with Gasteiger partial charge >= 0.3 is 0 Å². The predicted molar refractivity (Wildman–Crippen MR) is 95.3 cm³/mol. The Kier molecular flexibility index (Phi) is 6.55. The molecule has 1 N–H and O–H groups in total. The van der Waals surface area contributed by atoms with E-state index in [1.807, 2.05) is 0 Å². The Bertz CT molecular complexity index is 449. The summed E-state index contributed by atoms with van der Waals surface area (Å²) < 4.78 is 0. The Morgan fingerprint density at radius 3 is 2.29 bits per heavy atom. The average molecular weight is 311 g/mol. The van der Waals surface area contributed by atoms with Crippen molar-refractivity contribution in [3.05, 3.63) is 28.8 Å². The van der Waals surface area contributed by atoms with E-state index in [9.17, 15) is 0 Å². The normalized spacial score (nSPS) is 13.6. The maximum atomic E-state index is 6.49. The molecule has 0 bridgehead atoms. The second kappa shape index (κ2) is 7.51. The van der Waals surface area contributed by atoms with E-state index in [4.69, 9.17) is 11.6 Å². The van der Waals surface area contributed by atoms with Crippen LogP contribution in [0.15, 0.2) is 18.2 Å². The second-order valence-electron chi connectivity index (χ2n) is 7.46. The fourth-order valence-electron chi connectivity index (χ4n) is 2.24. The maximum absolute atomic E-state index is 6.49. The fourth-order valence-corrected chi connectivity index (χ4v) is 2.58.